The van der Waals surface area contributed by atoms with E-state index in [4.69, 9.17) is 4.42 Å². The Labute approximate surface area is 162 Å². The molecule has 0 bridgehead atoms. The van der Waals surface area contributed by atoms with Crippen molar-refractivity contribution in [2.75, 3.05) is 10.6 Å². The van der Waals surface area contributed by atoms with Crippen LogP contribution in [0.3, 0.4) is 0 Å². The molecular formula is C19H15F3N4O3. The molecule has 4 rings (SSSR count). The van der Waals surface area contributed by atoms with E-state index in [1.807, 2.05) is 0 Å². The van der Waals surface area contributed by atoms with Gasteiger partial charge in [-0.25, -0.2) is 0 Å². The molecule has 2 N–H and O–H groups in total. The average Bonchev–Trinajstić information content (AvgIpc) is 3.30. The van der Waals surface area contributed by atoms with E-state index in [0.29, 0.717) is 17.1 Å². The number of benzene rings is 1. The first-order valence-corrected chi connectivity index (χ1v) is 8.63. The van der Waals surface area contributed by atoms with Crippen molar-refractivity contribution in [3.63, 3.8) is 0 Å². The second-order valence-electron chi connectivity index (χ2n) is 6.55. The molecule has 1 unspecified atom stereocenters. The van der Waals surface area contributed by atoms with Crippen LogP contribution < -0.4 is 10.6 Å². The van der Waals surface area contributed by atoms with Crippen molar-refractivity contribution in [3.8, 4) is 0 Å². The third kappa shape index (κ3) is 3.37. The number of furan rings is 1. The third-order valence-corrected chi connectivity index (χ3v) is 4.68. The molecule has 29 heavy (non-hydrogen) atoms. The number of nitrogens with one attached hydrogen (secondary N) is 2. The molecule has 0 aliphatic carbocycles. The number of rotatable bonds is 3. The van der Waals surface area contributed by atoms with Gasteiger partial charge in [-0.15, -0.1) is 0 Å². The van der Waals surface area contributed by atoms with E-state index in [9.17, 15) is 22.8 Å². The second-order valence-corrected chi connectivity index (χ2v) is 6.55. The van der Waals surface area contributed by atoms with Gasteiger partial charge in [-0.3, -0.25) is 14.3 Å². The van der Waals surface area contributed by atoms with Crippen LogP contribution >= 0.6 is 0 Å². The third-order valence-electron chi connectivity index (χ3n) is 4.68. The standard InChI is InChI=1S/C19H15F3N4O3/c1-26-17-15(11(9-14(27)23-17)13-7-4-8-29-13)16(25-26)24-18(28)10-5-2-3-6-12(10)19(20,21)22/h2-8,11H,9H2,1H3,(H,23,27)(H,24,25,28). The Bertz CT molecular complexity index is 1090. The van der Waals surface area contributed by atoms with Crippen LogP contribution in [0.2, 0.25) is 0 Å². The zero-order chi connectivity index (χ0) is 20.8. The van der Waals surface area contributed by atoms with Gasteiger partial charge in [-0.2, -0.15) is 18.3 Å². The Morgan fingerprint density at radius 3 is 2.72 bits per heavy atom. The molecule has 10 heteroatoms. The lowest BCUT2D eigenvalue weighted by atomic mass is 9.91. The number of amides is 2. The van der Waals surface area contributed by atoms with Gasteiger partial charge < -0.3 is 15.1 Å². The van der Waals surface area contributed by atoms with Gasteiger partial charge in [0.25, 0.3) is 5.91 Å². The van der Waals surface area contributed by atoms with Gasteiger partial charge in [0.05, 0.1) is 28.9 Å². The molecule has 0 fully saturated rings. The van der Waals surface area contributed by atoms with Gasteiger partial charge in [0.2, 0.25) is 5.91 Å². The van der Waals surface area contributed by atoms with Crippen LogP contribution in [0.1, 0.15) is 39.6 Å². The van der Waals surface area contributed by atoms with E-state index in [0.717, 1.165) is 12.1 Å². The molecule has 1 aliphatic heterocycles. The van der Waals surface area contributed by atoms with Crippen molar-refractivity contribution >= 4 is 23.5 Å². The summed E-state index contributed by atoms with van der Waals surface area (Å²) in [7, 11) is 1.56. The zero-order valence-corrected chi connectivity index (χ0v) is 15.1. The summed E-state index contributed by atoms with van der Waals surface area (Å²) in [6, 6.07) is 7.85. The predicted octanol–water partition coefficient (Wildman–Crippen LogP) is 3.76. The van der Waals surface area contributed by atoms with E-state index in [1.54, 1.807) is 19.2 Å². The minimum Gasteiger partial charge on any atom is -0.469 e. The molecule has 1 aromatic carbocycles. The van der Waals surface area contributed by atoms with Crippen molar-refractivity contribution in [2.45, 2.75) is 18.5 Å². The molecule has 0 saturated carbocycles. The molecular weight excluding hydrogens is 389 g/mol. The number of hydrogen-bond acceptors (Lipinski definition) is 4. The molecule has 3 aromatic rings. The Hall–Kier alpha value is -3.56. The SMILES string of the molecule is Cn1nc(NC(=O)c2ccccc2C(F)(F)F)c2c1NC(=O)CC2c1ccco1. The Kier molecular flexibility index (Phi) is 4.40. The average molecular weight is 404 g/mol. The van der Waals surface area contributed by atoms with E-state index in [2.05, 4.69) is 15.7 Å². The molecule has 3 heterocycles. The summed E-state index contributed by atoms with van der Waals surface area (Å²) in [4.78, 5) is 24.7. The highest BCUT2D eigenvalue weighted by Crippen LogP contribution is 2.41. The normalized spacial score (nSPS) is 16.3. The summed E-state index contributed by atoms with van der Waals surface area (Å²) in [5.74, 6) is -0.847. The molecule has 2 aromatic heterocycles. The van der Waals surface area contributed by atoms with Crippen molar-refractivity contribution in [2.24, 2.45) is 7.05 Å². The lowest BCUT2D eigenvalue weighted by Gasteiger charge is -2.22. The second kappa shape index (κ2) is 6.80. The van der Waals surface area contributed by atoms with Crippen LogP contribution in [0.15, 0.2) is 47.1 Å². The van der Waals surface area contributed by atoms with Gasteiger partial charge in [0.1, 0.15) is 11.6 Å². The summed E-state index contributed by atoms with van der Waals surface area (Å²) < 4.78 is 46.5. The van der Waals surface area contributed by atoms with Gasteiger partial charge in [0.15, 0.2) is 5.82 Å². The first-order chi connectivity index (χ1) is 13.8. The number of aryl methyl sites for hydroxylation is 1. The monoisotopic (exact) mass is 404 g/mol. The van der Waals surface area contributed by atoms with E-state index in [1.165, 1.54) is 23.1 Å². The summed E-state index contributed by atoms with van der Waals surface area (Å²) in [6.45, 7) is 0. The summed E-state index contributed by atoms with van der Waals surface area (Å²) in [5.41, 5.74) is -1.09. The zero-order valence-electron chi connectivity index (χ0n) is 15.1. The molecule has 1 atom stereocenters. The summed E-state index contributed by atoms with van der Waals surface area (Å²) in [6.07, 6.45) is -3.17. The van der Waals surface area contributed by atoms with Crippen LogP contribution in [0.5, 0.6) is 0 Å². The molecule has 0 spiro atoms. The maximum absolute atomic E-state index is 13.3. The quantitative estimate of drug-likeness (QED) is 0.696. The van der Waals surface area contributed by atoms with Gasteiger partial charge in [-0.1, -0.05) is 12.1 Å². The van der Waals surface area contributed by atoms with Crippen LogP contribution in [0.25, 0.3) is 0 Å². The fraction of sp³-hybridized carbons (Fsp3) is 0.211. The fourth-order valence-electron chi connectivity index (χ4n) is 3.42. The van der Waals surface area contributed by atoms with Gasteiger partial charge >= 0.3 is 6.18 Å². The topological polar surface area (TPSA) is 89.2 Å². The fourth-order valence-corrected chi connectivity index (χ4v) is 3.42. The van der Waals surface area contributed by atoms with Gasteiger partial charge in [-0.05, 0) is 24.3 Å². The lowest BCUT2D eigenvalue weighted by Crippen LogP contribution is -2.25. The van der Waals surface area contributed by atoms with Crippen molar-refractivity contribution in [1.82, 2.24) is 9.78 Å². The van der Waals surface area contributed by atoms with E-state index < -0.39 is 29.1 Å². The number of nitrogens with zero attached hydrogens (tertiary/aromatic N) is 2. The summed E-state index contributed by atoms with van der Waals surface area (Å²) in [5, 5.41) is 9.33. The maximum atomic E-state index is 13.3. The van der Waals surface area contributed by atoms with E-state index in [-0.39, 0.29) is 18.1 Å². The van der Waals surface area contributed by atoms with Crippen LogP contribution in [0, 0.1) is 0 Å². The number of alkyl halides is 3. The highest BCUT2D eigenvalue weighted by Gasteiger charge is 2.37. The smallest absolute Gasteiger partial charge is 0.417 e. The minimum atomic E-state index is -4.68. The number of aromatic nitrogens is 2. The highest BCUT2D eigenvalue weighted by atomic mass is 19.4. The Morgan fingerprint density at radius 1 is 1.28 bits per heavy atom. The molecule has 2 amide bonds. The highest BCUT2D eigenvalue weighted by molar-refractivity contribution is 6.06. The first kappa shape index (κ1) is 18.8. The molecule has 7 nitrogen and oxygen atoms in total. The van der Waals surface area contributed by atoms with E-state index >= 15 is 0 Å². The number of anilines is 2. The number of halogens is 3. The maximum Gasteiger partial charge on any atom is 0.417 e. The number of carbonyl (C=O) groups is 2. The number of fused-ring (bicyclic) bond motifs is 1. The van der Waals surface area contributed by atoms with Crippen molar-refractivity contribution in [3.05, 3.63) is 65.1 Å². The van der Waals surface area contributed by atoms with Crippen molar-refractivity contribution in [1.29, 1.82) is 0 Å². The molecule has 1 aliphatic rings. The molecule has 150 valence electrons. The van der Waals surface area contributed by atoms with Crippen LogP contribution in [0.4, 0.5) is 24.8 Å². The predicted molar refractivity (Wildman–Crippen MR) is 96.4 cm³/mol. The number of hydrogen-bond donors (Lipinski definition) is 2. The van der Waals surface area contributed by atoms with Crippen LogP contribution in [-0.4, -0.2) is 21.6 Å². The summed E-state index contributed by atoms with van der Waals surface area (Å²) >= 11 is 0. The van der Waals surface area contributed by atoms with Gasteiger partial charge in [0, 0.05) is 13.5 Å². The Morgan fingerprint density at radius 2 is 2.03 bits per heavy atom. The molecule has 0 radical (unpaired) electrons. The largest absolute Gasteiger partial charge is 0.469 e. The lowest BCUT2D eigenvalue weighted by molar-refractivity contribution is -0.137. The van der Waals surface area contributed by atoms with Crippen molar-refractivity contribution < 1.29 is 27.2 Å². The van der Waals surface area contributed by atoms with Crippen LogP contribution in [-0.2, 0) is 18.0 Å². The molecule has 0 saturated heterocycles. The minimum absolute atomic E-state index is 0.0498. The Balaban J connectivity index is 1.74. The first-order valence-electron chi connectivity index (χ1n) is 8.63. The number of carbonyl (C=O) groups excluding carboxylic acids is 2.